The number of ether oxygens (including phenoxy) is 3. The Bertz CT molecular complexity index is 939. The Balaban J connectivity index is 1.39. The van der Waals surface area contributed by atoms with E-state index in [1.54, 1.807) is 44.2 Å². The van der Waals surface area contributed by atoms with Gasteiger partial charge in [0.2, 0.25) is 6.79 Å². The van der Waals surface area contributed by atoms with Crippen molar-refractivity contribution in [3.05, 3.63) is 53.3 Å². The summed E-state index contributed by atoms with van der Waals surface area (Å²) >= 11 is 0. The number of carbonyl (C=O) groups excluding carboxylic acids is 1. The number of nitrogens with one attached hydrogen (secondary N) is 1. The molecular weight excluding hydrogens is 340 g/mol. The summed E-state index contributed by atoms with van der Waals surface area (Å²) < 4.78 is 26.8. The maximum atomic E-state index is 12.3. The van der Waals surface area contributed by atoms with E-state index in [4.69, 9.17) is 23.2 Å². The SMILES string of the molecule is Cc1noc(C)c1NC(=O)c1ccc(COc2ccc3c(c2)OCO3)o1. The number of amides is 1. The van der Waals surface area contributed by atoms with E-state index in [2.05, 4.69) is 10.5 Å². The van der Waals surface area contributed by atoms with Crippen molar-refractivity contribution >= 4 is 11.6 Å². The summed E-state index contributed by atoms with van der Waals surface area (Å²) in [4.78, 5) is 12.3. The first-order chi connectivity index (χ1) is 12.6. The largest absolute Gasteiger partial charge is 0.486 e. The second-order valence-corrected chi connectivity index (χ2v) is 5.72. The average molecular weight is 356 g/mol. The first-order valence-electron chi connectivity index (χ1n) is 7.95. The molecule has 134 valence electrons. The van der Waals surface area contributed by atoms with Crippen molar-refractivity contribution in [3.8, 4) is 17.2 Å². The third-order valence-electron chi connectivity index (χ3n) is 3.88. The van der Waals surface area contributed by atoms with Crippen LogP contribution >= 0.6 is 0 Å². The predicted molar refractivity (Wildman–Crippen MR) is 89.5 cm³/mol. The van der Waals surface area contributed by atoms with Gasteiger partial charge in [-0.25, -0.2) is 0 Å². The van der Waals surface area contributed by atoms with Crippen molar-refractivity contribution in [2.75, 3.05) is 12.1 Å². The Labute approximate surface area is 148 Å². The molecule has 0 saturated carbocycles. The number of nitrogens with zero attached hydrogens (tertiary/aromatic N) is 1. The summed E-state index contributed by atoms with van der Waals surface area (Å²) in [6.45, 7) is 3.86. The molecule has 1 aliphatic rings. The number of rotatable bonds is 5. The second-order valence-electron chi connectivity index (χ2n) is 5.72. The van der Waals surface area contributed by atoms with Crippen LogP contribution in [0.4, 0.5) is 5.69 Å². The van der Waals surface area contributed by atoms with Gasteiger partial charge in [0.05, 0.1) is 0 Å². The van der Waals surface area contributed by atoms with E-state index in [9.17, 15) is 4.79 Å². The van der Waals surface area contributed by atoms with Crippen LogP contribution in [0.15, 0.2) is 39.3 Å². The van der Waals surface area contributed by atoms with Crippen molar-refractivity contribution in [1.82, 2.24) is 5.16 Å². The summed E-state index contributed by atoms with van der Waals surface area (Å²) in [6.07, 6.45) is 0. The van der Waals surface area contributed by atoms with Gasteiger partial charge < -0.3 is 28.5 Å². The van der Waals surface area contributed by atoms with Gasteiger partial charge in [-0.2, -0.15) is 0 Å². The van der Waals surface area contributed by atoms with Gasteiger partial charge >= 0.3 is 0 Å². The van der Waals surface area contributed by atoms with Gasteiger partial charge in [0.1, 0.15) is 29.5 Å². The number of fused-ring (bicyclic) bond motifs is 1. The fourth-order valence-corrected chi connectivity index (χ4v) is 2.54. The summed E-state index contributed by atoms with van der Waals surface area (Å²) in [5.74, 6) is 2.80. The van der Waals surface area contributed by atoms with Gasteiger partial charge in [0.25, 0.3) is 5.91 Å². The van der Waals surface area contributed by atoms with Crippen LogP contribution in [0.2, 0.25) is 0 Å². The summed E-state index contributed by atoms with van der Waals surface area (Å²) in [6, 6.07) is 8.58. The minimum Gasteiger partial charge on any atom is -0.486 e. The van der Waals surface area contributed by atoms with Gasteiger partial charge in [0, 0.05) is 6.07 Å². The molecule has 0 radical (unpaired) electrons. The van der Waals surface area contributed by atoms with E-state index in [1.807, 2.05) is 0 Å². The van der Waals surface area contributed by atoms with Gasteiger partial charge in [-0.3, -0.25) is 4.79 Å². The first-order valence-corrected chi connectivity index (χ1v) is 7.95. The molecule has 8 heteroatoms. The molecule has 0 saturated heterocycles. The van der Waals surface area contributed by atoms with Crippen LogP contribution in [-0.4, -0.2) is 17.9 Å². The van der Waals surface area contributed by atoms with E-state index in [1.165, 1.54) is 0 Å². The Morgan fingerprint density at radius 1 is 1.19 bits per heavy atom. The lowest BCUT2D eigenvalue weighted by Crippen LogP contribution is -2.12. The van der Waals surface area contributed by atoms with Gasteiger partial charge in [0.15, 0.2) is 23.0 Å². The van der Waals surface area contributed by atoms with Crippen LogP contribution in [0.5, 0.6) is 17.2 Å². The van der Waals surface area contributed by atoms with Crippen LogP contribution in [0.1, 0.15) is 27.8 Å². The smallest absolute Gasteiger partial charge is 0.291 e. The van der Waals surface area contributed by atoms with Crippen LogP contribution in [-0.2, 0) is 6.61 Å². The molecule has 0 spiro atoms. The maximum absolute atomic E-state index is 12.3. The lowest BCUT2D eigenvalue weighted by atomic mass is 10.3. The molecule has 0 aliphatic carbocycles. The minimum absolute atomic E-state index is 0.175. The lowest BCUT2D eigenvalue weighted by Gasteiger charge is -2.05. The predicted octanol–water partition coefficient (Wildman–Crippen LogP) is 3.44. The molecule has 3 aromatic rings. The van der Waals surface area contributed by atoms with E-state index < -0.39 is 0 Å². The molecule has 0 bridgehead atoms. The standard InChI is InChI=1S/C18H16N2O6/c1-10-17(11(2)26-20-10)19-18(21)15-6-4-13(25-15)8-22-12-3-5-14-16(7-12)24-9-23-14/h3-7H,8-9H2,1-2H3,(H,19,21). The molecule has 8 nitrogen and oxygen atoms in total. The molecule has 0 unspecified atom stereocenters. The number of aromatic nitrogens is 1. The fourth-order valence-electron chi connectivity index (χ4n) is 2.54. The third-order valence-corrected chi connectivity index (χ3v) is 3.88. The number of furan rings is 1. The Morgan fingerprint density at radius 2 is 2.04 bits per heavy atom. The third kappa shape index (κ3) is 3.08. The molecule has 1 N–H and O–H groups in total. The van der Waals surface area contributed by atoms with Crippen LogP contribution in [0, 0.1) is 13.8 Å². The zero-order chi connectivity index (χ0) is 18.1. The molecule has 2 aromatic heterocycles. The van der Waals surface area contributed by atoms with Crippen molar-refractivity contribution in [3.63, 3.8) is 0 Å². The molecule has 0 fully saturated rings. The molecule has 26 heavy (non-hydrogen) atoms. The van der Waals surface area contributed by atoms with Crippen molar-refractivity contribution in [1.29, 1.82) is 0 Å². The first kappa shape index (κ1) is 16.1. The Morgan fingerprint density at radius 3 is 2.85 bits per heavy atom. The Kier molecular flexibility index (Phi) is 4.00. The number of anilines is 1. The minimum atomic E-state index is -0.381. The quantitative estimate of drug-likeness (QED) is 0.748. The van der Waals surface area contributed by atoms with Crippen molar-refractivity contribution in [2.24, 2.45) is 0 Å². The topological polar surface area (TPSA) is 96.0 Å². The highest BCUT2D eigenvalue weighted by molar-refractivity contribution is 6.02. The van der Waals surface area contributed by atoms with Crippen LogP contribution < -0.4 is 19.5 Å². The highest BCUT2D eigenvalue weighted by Gasteiger charge is 2.17. The lowest BCUT2D eigenvalue weighted by molar-refractivity contribution is 0.0992. The Hall–Kier alpha value is -3.42. The molecule has 1 aromatic carbocycles. The van der Waals surface area contributed by atoms with E-state index in [0.717, 1.165) is 0 Å². The summed E-state index contributed by atoms with van der Waals surface area (Å²) in [5.41, 5.74) is 1.15. The number of hydrogen-bond donors (Lipinski definition) is 1. The van der Waals surface area contributed by atoms with Crippen LogP contribution in [0.25, 0.3) is 0 Å². The zero-order valence-electron chi connectivity index (χ0n) is 14.2. The molecular formula is C18H16N2O6. The highest BCUT2D eigenvalue weighted by atomic mass is 16.7. The van der Waals surface area contributed by atoms with Crippen LogP contribution in [0.3, 0.4) is 0 Å². The van der Waals surface area contributed by atoms with Gasteiger partial charge in [-0.05, 0) is 38.1 Å². The number of aryl methyl sites for hydroxylation is 2. The molecule has 0 atom stereocenters. The molecule has 3 heterocycles. The van der Waals surface area contributed by atoms with Crippen molar-refractivity contribution in [2.45, 2.75) is 20.5 Å². The van der Waals surface area contributed by atoms with Gasteiger partial charge in [-0.15, -0.1) is 0 Å². The van der Waals surface area contributed by atoms with E-state index in [-0.39, 0.29) is 25.1 Å². The summed E-state index contributed by atoms with van der Waals surface area (Å²) in [7, 11) is 0. The monoisotopic (exact) mass is 356 g/mol. The summed E-state index contributed by atoms with van der Waals surface area (Å²) in [5, 5.41) is 6.53. The highest BCUT2D eigenvalue weighted by Crippen LogP contribution is 2.35. The fraction of sp³-hybridized carbons (Fsp3) is 0.222. The van der Waals surface area contributed by atoms with E-state index >= 15 is 0 Å². The molecule has 4 rings (SSSR count). The van der Waals surface area contributed by atoms with Gasteiger partial charge in [-0.1, -0.05) is 5.16 Å². The molecule has 1 aliphatic heterocycles. The number of hydrogen-bond acceptors (Lipinski definition) is 7. The van der Waals surface area contributed by atoms with E-state index in [0.29, 0.717) is 40.2 Å². The average Bonchev–Trinajstić information content (AvgIpc) is 3.36. The zero-order valence-corrected chi connectivity index (χ0v) is 14.2. The number of carbonyl (C=O) groups is 1. The number of benzene rings is 1. The molecule has 1 amide bonds. The second kappa shape index (κ2) is 6.47. The maximum Gasteiger partial charge on any atom is 0.291 e. The van der Waals surface area contributed by atoms with Crippen molar-refractivity contribution < 1.29 is 27.9 Å². The normalized spacial score (nSPS) is 12.2.